The molecule has 0 aromatic heterocycles. The van der Waals surface area contributed by atoms with Gasteiger partial charge in [-0.3, -0.25) is 0 Å². The van der Waals surface area contributed by atoms with Crippen LogP contribution in [0.4, 0.5) is 0 Å². The normalized spacial score (nSPS) is 12.6. The van der Waals surface area contributed by atoms with Gasteiger partial charge in [0.05, 0.1) is 5.75 Å². The molecule has 0 saturated carbocycles. The molecule has 19 heavy (non-hydrogen) atoms. The molecular weight excluding hydrogens is 260 g/mol. The Morgan fingerprint density at radius 1 is 1.11 bits per heavy atom. The van der Waals surface area contributed by atoms with E-state index in [1.165, 1.54) is 0 Å². The molecule has 3 N–H and O–H groups in total. The van der Waals surface area contributed by atoms with E-state index in [9.17, 15) is 8.42 Å². The lowest BCUT2D eigenvalue weighted by molar-refractivity contribution is 0.378. The van der Waals surface area contributed by atoms with Crippen LogP contribution in [0.25, 0.3) is 0 Å². The van der Waals surface area contributed by atoms with Crippen molar-refractivity contribution in [3.63, 3.8) is 0 Å². The summed E-state index contributed by atoms with van der Waals surface area (Å²) in [5.74, 6) is 0.0159. The monoisotopic (exact) mass is 284 g/mol. The summed E-state index contributed by atoms with van der Waals surface area (Å²) < 4.78 is 26.4. The second-order valence-corrected chi connectivity index (χ2v) is 7.79. The van der Waals surface area contributed by atoms with Crippen molar-refractivity contribution in [3.8, 4) is 0 Å². The molecule has 0 bridgehead atoms. The molecule has 0 atom stereocenters. The zero-order valence-corrected chi connectivity index (χ0v) is 12.8. The zero-order valence-electron chi connectivity index (χ0n) is 11.9. The van der Waals surface area contributed by atoms with E-state index in [0.717, 1.165) is 17.5 Å². The highest BCUT2D eigenvalue weighted by Crippen LogP contribution is 2.17. The van der Waals surface area contributed by atoms with Crippen molar-refractivity contribution < 1.29 is 8.42 Å². The van der Waals surface area contributed by atoms with Crippen molar-refractivity contribution >= 4 is 10.0 Å². The molecule has 0 spiro atoms. The van der Waals surface area contributed by atoms with Crippen molar-refractivity contribution in [2.24, 2.45) is 11.1 Å². The first kappa shape index (κ1) is 16.1. The lowest BCUT2D eigenvalue weighted by Gasteiger charge is -2.18. The Kier molecular flexibility index (Phi) is 5.52. The number of nitrogens with two attached hydrogens (primary N) is 1. The van der Waals surface area contributed by atoms with E-state index in [-0.39, 0.29) is 11.2 Å². The Bertz CT molecular complexity index is 487. The Hall–Kier alpha value is -0.910. The molecule has 0 unspecified atom stereocenters. The minimum absolute atomic E-state index is 0.0159. The van der Waals surface area contributed by atoms with E-state index in [2.05, 4.69) is 25.5 Å². The minimum atomic E-state index is -3.26. The van der Waals surface area contributed by atoms with Gasteiger partial charge in [0, 0.05) is 13.1 Å². The Morgan fingerprint density at radius 2 is 1.63 bits per heavy atom. The topological polar surface area (TPSA) is 72.2 Å². The van der Waals surface area contributed by atoms with Crippen molar-refractivity contribution in [2.45, 2.75) is 39.5 Å². The Balaban J connectivity index is 2.54. The van der Waals surface area contributed by atoms with Crippen LogP contribution in [0.3, 0.4) is 0 Å². The molecule has 108 valence electrons. The molecule has 1 rings (SSSR count). The molecule has 1 aromatic rings. The van der Waals surface area contributed by atoms with Gasteiger partial charge in [-0.15, -0.1) is 0 Å². The molecule has 4 nitrogen and oxygen atoms in total. The molecule has 0 radical (unpaired) electrons. The first-order chi connectivity index (χ1) is 8.72. The van der Waals surface area contributed by atoms with Crippen LogP contribution in [0.15, 0.2) is 24.3 Å². The highest BCUT2D eigenvalue weighted by Gasteiger charge is 2.14. The van der Waals surface area contributed by atoms with Crippen molar-refractivity contribution in [1.29, 1.82) is 0 Å². The van der Waals surface area contributed by atoms with Crippen LogP contribution in [-0.4, -0.2) is 15.0 Å². The van der Waals surface area contributed by atoms with Crippen LogP contribution < -0.4 is 10.5 Å². The van der Waals surface area contributed by atoms with Crippen molar-refractivity contribution in [2.75, 3.05) is 6.54 Å². The second kappa shape index (κ2) is 6.50. The summed E-state index contributed by atoms with van der Waals surface area (Å²) in [6.45, 7) is 7.22. The zero-order chi connectivity index (χ0) is 14.5. The van der Waals surface area contributed by atoms with Gasteiger partial charge in [-0.25, -0.2) is 13.1 Å². The number of hydrogen-bond donors (Lipinski definition) is 2. The quantitative estimate of drug-likeness (QED) is 0.839. The SMILES string of the molecule is CC(C)(C)CCNS(=O)(=O)Cc1ccc(CN)cc1. The highest BCUT2D eigenvalue weighted by atomic mass is 32.2. The molecule has 1 aromatic carbocycles. The third-order valence-electron chi connectivity index (χ3n) is 2.81. The van der Waals surface area contributed by atoms with Gasteiger partial charge < -0.3 is 5.73 Å². The summed E-state index contributed by atoms with van der Waals surface area (Å²) in [5, 5.41) is 0. The number of benzene rings is 1. The number of sulfonamides is 1. The van der Waals surface area contributed by atoms with Gasteiger partial charge in [0.2, 0.25) is 10.0 Å². The van der Waals surface area contributed by atoms with Crippen LogP contribution in [-0.2, 0) is 22.3 Å². The summed E-state index contributed by atoms with van der Waals surface area (Å²) in [7, 11) is -3.26. The third-order valence-corrected chi connectivity index (χ3v) is 4.17. The van der Waals surface area contributed by atoms with Crippen LogP contribution in [0, 0.1) is 5.41 Å². The molecule has 5 heteroatoms. The second-order valence-electron chi connectivity index (χ2n) is 5.98. The van der Waals surface area contributed by atoms with E-state index < -0.39 is 10.0 Å². The average Bonchev–Trinajstić information content (AvgIpc) is 2.27. The van der Waals surface area contributed by atoms with Crippen molar-refractivity contribution in [1.82, 2.24) is 4.72 Å². The lowest BCUT2D eigenvalue weighted by atomic mass is 9.93. The summed E-state index contributed by atoms with van der Waals surface area (Å²) >= 11 is 0. The molecule has 0 saturated heterocycles. The molecular formula is C14H24N2O2S. The maximum absolute atomic E-state index is 11.9. The first-order valence-electron chi connectivity index (χ1n) is 6.47. The molecule has 0 aliphatic rings. The maximum Gasteiger partial charge on any atom is 0.215 e. The van der Waals surface area contributed by atoms with Crippen LogP contribution in [0.2, 0.25) is 0 Å². The van der Waals surface area contributed by atoms with Gasteiger partial charge in [0.15, 0.2) is 0 Å². The Morgan fingerprint density at radius 3 is 2.11 bits per heavy atom. The van der Waals surface area contributed by atoms with E-state index >= 15 is 0 Å². The van der Waals surface area contributed by atoms with Crippen molar-refractivity contribution in [3.05, 3.63) is 35.4 Å². The van der Waals surface area contributed by atoms with Gasteiger partial charge in [-0.05, 0) is 23.0 Å². The summed E-state index contributed by atoms with van der Waals surface area (Å²) in [6, 6.07) is 7.34. The van der Waals surface area contributed by atoms with Gasteiger partial charge in [-0.1, -0.05) is 45.0 Å². The van der Waals surface area contributed by atoms with E-state index in [4.69, 9.17) is 5.73 Å². The summed E-state index contributed by atoms with van der Waals surface area (Å²) in [6.07, 6.45) is 0.818. The number of rotatable bonds is 6. The predicted molar refractivity (Wildman–Crippen MR) is 79.0 cm³/mol. The molecule has 0 aliphatic heterocycles. The number of nitrogens with one attached hydrogen (secondary N) is 1. The fourth-order valence-electron chi connectivity index (χ4n) is 1.62. The maximum atomic E-state index is 11.9. The largest absolute Gasteiger partial charge is 0.326 e. The van der Waals surface area contributed by atoms with Gasteiger partial charge in [-0.2, -0.15) is 0 Å². The Labute approximate surface area is 116 Å². The summed E-state index contributed by atoms with van der Waals surface area (Å²) in [5.41, 5.74) is 7.41. The average molecular weight is 284 g/mol. The van der Waals surface area contributed by atoms with Gasteiger partial charge >= 0.3 is 0 Å². The van der Waals surface area contributed by atoms with E-state index in [1.807, 2.05) is 24.3 Å². The third kappa shape index (κ3) is 6.71. The minimum Gasteiger partial charge on any atom is -0.326 e. The molecule has 0 aliphatic carbocycles. The van der Waals surface area contributed by atoms with Gasteiger partial charge in [0.25, 0.3) is 0 Å². The summed E-state index contributed by atoms with van der Waals surface area (Å²) in [4.78, 5) is 0. The van der Waals surface area contributed by atoms with E-state index in [1.54, 1.807) is 0 Å². The molecule has 0 heterocycles. The highest BCUT2D eigenvalue weighted by molar-refractivity contribution is 7.88. The van der Waals surface area contributed by atoms with Crippen LogP contribution >= 0.6 is 0 Å². The number of hydrogen-bond acceptors (Lipinski definition) is 3. The fourth-order valence-corrected chi connectivity index (χ4v) is 2.77. The fraction of sp³-hybridized carbons (Fsp3) is 0.571. The van der Waals surface area contributed by atoms with Crippen LogP contribution in [0.1, 0.15) is 38.3 Å². The standard InChI is InChI=1S/C14H24N2O2S/c1-14(2,3)8-9-16-19(17,18)11-13-6-4-12(10-15)5-7-13/h4-7,16H,8-11,15H2,1-3H3. The van der Waals surface area contributed by atoms with E-state index in [0.29, 0.717) is 13.1 Å². The molecule has 0 fully saturated rings. The predicted octanol–water partition coefficient (Wildman–Crippen LogP) is 2.00. The van der Waals surface area contributed by atoms with Crippen LogP contribution in [0.5, 0.6) is 0 Å². The lowest BCUT2D eigenvalue weighted by Crippen LogP contribution is -2.28. The first-order valence-corrected chi connectivity index (χ1v) is 8.12. The smallest absolute Gasteiger partial charge is 0.215 e. The molecule has 0 amide bonds. The van der Waals surface area contributed by atoms with Gasteiger partial charge in [0.1, 0.15) is 0 Å².